The molecule has 0 radical (unpaired) electrons. The minimum Gasteiger partial charge on any atom is -0.354 e. The summed E-state index contributed by atoms with van der Waals surface area (Å²) in [4.78, 5) is 28.9. The van der Waals surface area contributed by atoms with Gasteiger partial charge in [0.2, 0.25) is 11.8 Å². The third-order valence-corrected chi connectivity index (χ3v) is 7.35. The van der Waals surface area contributed by atoms with E-state index in [2.05, 4.69) is 12.2 Å². The van der Waals surface area contributed by atoms with Crippen molar-refractivity contribution in [3.8, 4) is 0 Å². The summed E-state index contributed by atoms with van der Waals surface area (Å²) in [6.07, 6.45) is 2.38. The fourth-order valence-electron chi connectivity index (χ4n) is 3.95. The maximum Gasteiger partial charge on any atom is 0.243 e. The Hall–Kier alpha value is -2.76. The van der Waals surface area contributed by atoms with Crippen molar-refractivity contribution < 1.29 is 9.59 Å². The van der Waals surface area contributed by atoms with Gasteiger partial charge in [0.1, 0.15) is 6.04 Å². The van der Waals surface area contributed by atoms with Crippen LogP contribution in [0.3, 0.4) is 0 Å². The van der Waals surface area contributed by atoms with Crippen LogP contribution in [-0.2, 0) is 28.3 Å². The summed E-state index contributed by atoms with van der Waals surface area (Å²) in [5.74, 6) is 0.857. The number of nitrogens with zero attached hydrogens (tertiary/aromatic N) is 1. The van der Waals surface area contributed by atoms with E-state index in [-0.39, 0.29) is 11.8 Å². The Morgan fingerprint density at radius 2 is 1.64 bits per heavy atom. The van der Waals surface area contributed by atoms with Crippen LogP contribution in [0.25, 0.3) is 0 Å². The maximum atomic E-state index is 13.7. The number of carbonyl (C=O) groups excluding carboxylic acids is 2. The van der Waals surface area contributed by atoms with E-state index in [1.807, 2.05) is 85.8 Å². The molecule has 4 nitrogen and oxygen atoms in total. The van der Waals surface area contributed by atoms with E-state index in [9.17, 15) is 9.59 Å². The number of unbranched alkanes of at least 4 members (excludes halogenated alkanes) is 1. The van der Waals surface area contributed by atoms with E-state index in [1.54, 1.807) is 16.7 Å². The Balaban J connectivity index is 1.83. The molecule has 0 bridgehead atoms. The van der Waals surface area contributed by atoms with Crippen LogP contribution in [-0.4, -0.2) is 35.1 Å². The van der Waals surface area contributed by atoms with Gasteiger partial charge in [-0.3, -0.25) is 9.59 Å². The van der Waals surface area contributed by atoms with E-state index in [4.69, 9.17) is 11.6 Å². The Morgan fingerprint density at radius 3 is 2.33 bits per heavy atom. The van der Waals surface area contributed by atoms with Crippen molar-refractivity contribution in [3.05, 3.63) is 106 Å². The summed E-state index contributed by atoms with van der Waals surface area (Å²) in [5.41, 5.74) is 4.30. The zero-order chi connectivity index (χ0) is 25.8. The number of hydrogen-bond acceptors (Lipinski definition) is 3. The lowest BCUT2D eigenvalue weighted by molar-refractivity contribution is -0.139. The van der Waals surface area contributed by atoms with E-state index in [0.29, 0.717) is 36.0 Å². The van der Waals surface area contributed by atoms with Crippen molar-refractivity contribution in [1.29, 1.82) is 0 Å². The first-order valence-electron chi connectivity index (χ1n) is 12.5. The number of amides is 2. The minimum absolute atomic E-state index is 0.0382. The summed E-state index contributed by atoms with van der Waals surface area (Å²) >= 11 is 7.55. The molecule has 0 fully saturated rings. The third kappa shape index (κ3) is 8.72. The summed E-state index contributed by atoms with van der Waals surface area (Å²) in [7, 11) is 0. The Bertz CT molecular complexity index is 1110. The molecule has 0 aliphatic heterocycles. The van der Waals surface area contributed by atoms with Crippen molar-refractivity contribution in [2.45, 2.75) is 51.4 Å². The summed E-state index contributed by atoms with van der Waals surface area (Å²) < 4.78 is 0. The van der Waals surface area contributed by atoms with Crippen molar-refractivity contribution in [2.75, 3.05) is 12.3 Å². The molecule has 6 heteroatoms. The fourth-order valence-corrected chi connectivity index (χ4v) is 4.95. The van der Waals surface area contributed by atoms with Gasteiger partial charge in [-0.1, -0.05) is 91.7 Å². The van der Waals surface area contributed by atoms with Gasteiger partial charge < -0.3 is 10.2 Å². The number of carbonyl (C=O) groups is 2. The minimum atomic E-state index is -0.590. The predicted molar refractivity (Wildman–Crippen MR) is 151 cm³/mol. The van der Waals surface area contributed by atoms with Crippen molar-refractivity contribution in [2.24, 2.45) is 0 Å². The second-order valence-corrected chi connectivity index (χ2v) is 10.3. The van der Waals surface area contributed by atoms with Gasteiger partial charge in [0.15, 0.2) is 0 Å². The first-order chi connectivity index (χ1) is 17.5. The predicted octanol–water partition coefficient (Wildman–Crippen LogP) is 6.44. The molecular weight excluding hydrogens is 488 g/mol. The Labute approximate surface area is 224 Å². The topological polar surface area (TPSA) is 49.4 Å². The molecule has 3 aromatic rings. The van der Waals surface area contributed by atoms with Gasteiger partial charge in [-0.25, -0.2) is 0 Å². The van der Waals surface area contributed by atoms with E-state index in [0.717, 1.165) is 35.1 Å². The van der Waals surface area contributed by atoms with Crippen LogP contribution in [0.5, 0.6) is 0 Å². The zero-order valence-electron chi connectivity index (χ0n) is 21.1. The van der Waals surface area contributed by atoms with Crippen LogP contribution in [0.4, 0.5) is 0 Å². The average molecular weight is 523 g/mol. The first-order valence-corrected chi connectivity index (χ1v) is 14.0. The molecule has 0 aliphatic rings. The first kappa shape index (κ1) is 27.8. The number of hydrogen-bond donors (Lipinski definition) is 1. The molecule has 0 heterocycles. The molecule has 2 amide bonds. The van der Waals surface area contributed by atoms with Gasteiger partial charge in [-0.05, 0) is 47.7 Å². The summed E-state index contributed by atoms with van der Waals surface area (Å²) in [6.45, 7) is 5.14. The molecular formula is C30H35ClN2O2S. The highest BCUT2D eigenvalue weighted by molar-refractivity contribution is 7.99. The number of aryl methyl sites for hydroxylation is 1. The van der Waals surface area contributed by atoms with Crippen molar-refractivity contribution in [3.63, 3.8) is 0 Å². The largest absolute Gasteiger partial charge is 0.354 e. The molecule has 0 spiro atoms. The SMILES string of the molecule is CCCCNC(=O)C(Cc1ccccc1)N(Cc1ccccc1C)C(=O)CSCc1ccc(Cl)cc1. The van der Waals surface area contributed by atoms with Gasteiger partial charge in [0, 0.05) is 30.3 Å². The average Bonchev–Trinajstić information content (AvgIpc) is 2.89. The lowest BCUT2D eigenvalue weighted by atomic mass is 10.0. The molecule has 1 N–H and O–H groups in total. The Morgan fingerprint density at radius 1 is 0.944 bits per heavy atom. The molecule has 1 unspecified atom stereocenters. The summed E-state index contributed by atoms with van der Waals surface area (Å²) in [6, 6.07) is 25.1. The number of nitrogens with one attached hydrogen (secondary N) is 1. The van der Waals surface area contributed by atoms with Gasteiger partial charge in [-0.15, -0.1) is 11.8 Å². The second kappa shape index (κ2) is 14.7. The smallest absolute Gasteiger partial charge is 0.243 e. The maximum absolute atomic E-state index is 13.7. The van der Waals surface area contributed by atoms with Gasteiger partial charge in [-0.2, -0.15) is 0 Å². The number of thioether (sulfide) groups is 1. The number of rotatable bonds is 13. The van der Waals surface area contributed by atoms with Crippen LogP contribution in [0.2, 0.25) is 5.02 Å². The summed E-state index contributed by atoms with van der Waals surface area (Å²) in [5, 5.41) is 3.77. The Kier molecular flexibility index (Phi) is 11.4. The molecule has 36 heavy (non-hydrogen) atoms. The zero-order valence-corrected chi connectivity index (χ0v) is 22.7. The van der Waals surface area contributed by atoms with Gasteiger partial charge in [0.05, 0.1) is 5.75 Å². The molecule has 0 aromatic heterocycles. The fraction of sp³-hybridized carbons (Fsp3) is 0.333. The molecule has 0 saturated carbocycles. The van der Waals surface area contributed by atoms with Crippen LogP contribution >= 0.6 is 23.4 Å². The van der Waals surface area contributed by atoms with Crippen LogP contribution in [0.1, 0.15) is 42.0 Å². The second-order valence-electron chi connectivity index (χ2n) is 8.92. The standard InChI is InChI=1S/C30H35ClN2O2S/c1-3-4-18-32-30(35)28(19-24-11-6-5-7-12-24)33(20-26-13-9-8-10-23(26)2)29(34)22-36-21-25-14-16-27(31)17-15-25/h5-17,28H,3-4,18-22H2,1-2H3,(H,32,35). The van der Waals surface area contributed by atoms with Gasteiger partial charge in [0.25, 0.3) is 0 Å². The molecule has 1 atom stereocenters. The monoisotopic (exact) mass is 522 g/mol. The molecule has 0 saturated heterocycles. The lowest BCUT2D eigenvalue weighted by Crippen LogP contribution is -2.51. The van der Waals surface area contributed by atoms with Gasteiger partial charge >= 0.3 is 0 Å². The van der Waals surface area contributed by atoms with Crippen LogP contribution < -0.4 is 5.32 Å². The molecule has 0 aliphatic carbocycles. The molecule has 3 aromatic carbocycles. The van der Waals surface area contributed by atoms with Crippen LogP contribution in [0, 0.1) is 6.92 Å². The van der Waals surface area contributed by atoms with Crippen molar-refractivity contribution in [1.82, 2.24) is 10.2 Å². The number of benzene rings is 3. The quantitative estimate of drug-likeness (QED) is 0.263. The highest BCUT2D eigenvalue weighted by Gasteiger charge is 2.30. The highest BCUT2D eigenvalue weighted by atomic mass is 35.5. The number of halogens is 1. The van der Waals surface area contributed by atoms with E-state index >= 15 is 0 Å². The lowest BCUT2D eigenvalue weighted by Gasteiger charge is -2.32. The van der Waals surface area contributed by atoms with E-state index in [1.165, 1.54) is 0 Å². The highest BCUT2D eigenvalue weighted by Crippen LogP contribution is 2.20. The van der Waals surface area contributed by atoms with Crippen LogP contribution in [0.15, 0.2) is 78.9 Å². The normalized spacial score (nSPS) is 11.6. The molecule has 3 rings (SSSR count). The van der Waals surface area contributed by atoms with E-state index < -0.39 is 6.04 Å². The third-order valence-electron chi connectivity index (χ3n) is 6.11. The molecule has 190 valence electrons. The van der Waals surface area contributed by atoms with Crippen molar-refractivity contribution >= 4 is 35.2 Å².